The molecule has 0 radical (unpaired) electrons. The van der Waals surface area contributed by atoms with E-state index in [1.165, 1.54) is 24.2 Å². The van der Waals surface area contributed by atoms with Crippen LogP contribution in [0.2, 0.25) is 0 Å². The van der Waals surface area contributed by atoms with Gasteiger partial charge >= 0.3 is 5.69 Å². The lowest BCUT2D eigenvalue weighted by Gasteiger charge is -2.03. The van der Waals surface area contributed by atoms with Gasteiger partial charge in [-0.1, -0.05) is 40.2 Å². The number of para-hydroxylation sites is 1. The lowest BCUT2D eigenvalue weighted by molar-refractivity contribution is -0.385. The van der Waals surface area contributed by atoms with E-state index in [1.807, 2.05) is 24.3 Å². The van der Waals surface area contributed by atoms with Gasteiger partial charge in [0.15, 0.2) is 0 Å². The number of carbonyl (C=O) groups is 1. The van der Waals surface area contributed by atoms with Gasteiger partial charge in [-0.15, -0.1) is 0 Å². The summed E-state index contributed by atoms with van der Waals surface area (Å²) in [6, 6.07) is 14.5. The minimum atomic E-state index is -0.782. The maximum Gasteiger partial charge on any atom is 0.320 e. The molecule has 0 atom stereocenters. The van der Waals surface area contributed by atoms with Crippen molar-refractivity contribution in [2.24, 2.45) is 5.10 Å². The molecule has 0 aliphatic heterocycles. The zero-order chi connectivity index (χ0) is 20.8. The highest BCUT2D eigenvalue weighted by atomic mass is 79.9. The van der Waals surface area contributed by atoms with Gasteiger partial charge in [-0.25, -0.2) is 5.43 Å². The van der Waals surface area contributed by atoms with Gasteiger partial charge in [-0.2, -0.15) is 10.2 Å². The highest BCUT2D eigenvalue weighted by Crippen LogP contribution is 2.19. The first-order valence-electron chi connectivity index (χ1n) is 8.40. The molecular weight excluding hydrogens is 442 g/mol. The minimum Gasteiger partial charge on any atom is -0.496 e. The number of nitrogens with zero attached hydrogens (tertiary/aromatic N) is 4. The average molecular weight is 458 g/mol. The number of halogens is 1. The number of ether oxygens (including phenoxy) is 1. The molecule has 2 aromatic carbocycles. The number of rotatable bonds is 7. The quantitative estimate of drug-likeness (QED) is 0.332. The topological polar surface area (TPSA) is 112 Å². The molecule has 10 heteroatoms. The molecule has 3 aromatic rings. The number of amides is 1. The van der Waals surface area contributed by atoms with E-state index in [0.29, 0.717) is 11.3 Å². The Bertz CT molecular complexity index is 1080. The first-order valence-corrected chi connectivity index (χ1v) is 9.20. The van der Waals surface area contributed by atoms with Crippen molar-refractivity contribution >= 4 is 33.7 Å². The van der Waals surface area contributed by atoms with Crippen LogP contribution in [0.15, 0.2) is 64.3 Å². The van der Waals surface area contributed by atoms with Crippen molar-refractivity contribution in [3.63, 3.8) is 0 Å². The van der Waals surface area contributed by atoms with E-state index in [1.54, 1.807) is 24.3 Å². The molecule has 1 amide bonds. The molecule has 0 aliphatic rings. The Morgan fingerprint density at radius 1 is 1.34 bits per heavy atom. The van der Waals surface area contributed by atoms with Crippen molar-refractivity contribution in [3.05, 3.63) is 86.1 Å². The van der Waals surface area contributed by atoms with Gasteiger partial charge in [0.05, 0.1) is 24.8 Å². The second kappa shape index (κ2) is 9.11. The molecule has 29 heavy (non-hydrogen) atoms. The smallest absolute Gasteiger partial charge is 0.320 e. The summed E-state index contributed by atoms with van der Waals surface area (Å²) in [6.45, 7) is 0.276. The summed E-state index contributed by atoms with van der Waals surface area (Å²) >= 11 is 3.37. The van der Waals surface area contributed by atoms with Crippen LogP contribution in [0.5, 0.6) is 5.75 Å². The summed E-state index contributed by atoms with van der Waals surface area (Å²) in [5.74, 6) is -0.203. The molecule has 0 spiro atoms. The van der Waals surface area contributed by atoms with E-state index in [-0.39, 0.29) is 12.2 Å². The fraction of sp³-hybridized carbons (Fsp3) is 0.105. The number of nitrogens with one attached hydrogen (secondary N) is 1. The molecule has 1 N–H and O–H groups in total. The molecule has 0 saturated heterocycles. The third kappa shape index (κ3) is 5.05. The van der Waals surface area contributed by atoms with Gasteiger partial charge in [0.2, 0.25) is 5.69 Å². The van der Waals surface area contributed by atoms with Crippen molar-refractivity contribution in [1.29, 1.82) is 0 Å². The Morgan fingerprint density at radius 2 is 2.14 bits per heavy atom. The Balaban J connectivity index is 1.78. The Hall–Kier alpha value is -3.53. The van der Waals surface area contributed by atoms with E-state index >= 15 is 0 Å². The molecule has 0 bridgehead atoms. The molecule has 1 aromatic heterocycles. The zero-order valence-corrected chi connectivity index (χ0v) is 16.9. The van der Waals surface area contributed by atoms with Crippen LogP contribution < -0.4 is 10.2 Å². The fourth-order valence-corrected chi connectivity index (χ4v) is 3.04. The number of hydrogen-bond acceptors (Lipinski definition) is 6. The number of aromatic nitrogens is 2. The van der Waals surface area contributed by atoms with Crippen LogP contribution in [0.3, 0.4) is 0 Å². The predicted octanol–water partition coefficient (Wildman–Crippen LogP) is 3.37. The van der Waals surface area contributed by atoms with Crippen LogP contribution in [0.1, 0.15) is 21.6 Å². The number of hydrazone groups is 1. The van der Waals surface area contributed by atoms with Crippen molar-refractivity contribution in [2.75, 3.05) is 7.11 Å². The second-order valence-corrected chi connectivity index (χ2v) is 6.80. The second-order valence-electron chi connectivity index (χ2n) is 5.89. The van der Waals surface area contributed by atoms with Crippen LogP contribution >= 0.6 is 15.9 Å². The maximum absolute atomic E-state index is 12.4. The van der Waals surface area contributed by atoms with Gasteiger partial charge in [-0.05, 0) is 29.8 Å². The number of nitro groups is 1. The SMILES string of the molecule is COc1ccccc1/C=N\NC(=O)c1nn(Cc2cccc(Br)c2)cc1[N+](=O)[O-]. The summed E-state index contributed by atoms with van der Waals surface area (Å²) in [6.07, 6.45) is 2.61. The Morgan fingerprint density at radius 3 is 2.86 bits per heavy atom. The molecular formula is C19H16BrN5O4. The number of benzene rings is 2. The number of carbonyl (C=O) groups excluding carboxylic acids is 1. The van der Waals surface area contributed by atoms with E-state index in [2.05, 4.69) is 31.6 Å². The van der Waals surface area contributed by atoms with Gasteiger partial charge in [0, 0.05) is 10.0 Å². The van der Waals surface area contributed by atoms with Crippen LogP contribution in [0, 0.1) is 10.1 Å². The number of hydrogen-bond donors (Lipinski definition) is 1. The van der Waals surface area contributed by atoms with Gasteiger partial charge < -0.3 is 4.74 Å². The predicted molar refractivity (Wildman–Crippen MR) is 110 cm³/mol. The molecule has 148 valence electrons. The van der Waals surface area contributed by atoms with Gasteiger partial charge in [-0.3, -0.25) is 19.6 Å². The van der Waals surface area contributed by atoms with E-state index in [4.69, 9.17) is 4.74 Å². The van der Waals surface area contributed by atoms with Crippen LogP contribution in [0.4, 0.5) is 5.69 Å². The van der Waals surface area contributed by atoms with Crippen LogP contribution in [-0.4, -0.2) is 33.9 Å². The maximum atomic E-state index is 12.4. The first-order chi connectivity index (χ1) is 14.0. The zero-order valence-electron chi connectivity index (χ0n) is 15.3. The highest BCUT2D eigenvalue weighted by molar-refractivity contribution is 9.10. The van der Waals surface area contributed by atoms with Crippen molar-refractivity contribution in [2.45, 2.75) is 6.54 Å². The van der Waals surface area contributed by atoms with Crippen LogP contribution in [0.25, 0.3) is 0 Å². The third-order valence-corrected chi connectivity index (χ3v) is 4.39. The van der Waals surface area contributed by atoms with Gasteiger partial charge in [0.25, 0.3) is 5.91 Å². The van der Waals surface area contributed by atoms with Crippen LogP contribution in [-0.2, 0) is 6.54 Å². The molecule has 0 fully saturated rings. The molecule has 3 rings (SSSR count). The minimum absolute atomic E-state index is 0.276. The fourth-order valence-electron chi connectivity index (χ4n) is 2.60. The Labute approximate surface area is 174 Å². The summed E-state index contributed by atoms with van der Waals surface area (Å²) in [7, 11) is 1.52. The normalized spacial score (nSPS) is 10.8. The third-order valence-electron chi connectivity index (χ3n) is 3.90. The molecule has 0 aliphatic carbocycles. The summed E-state index contributed by atoms with van der Waals surface area (Å²) in [4.78, 5) is 23.1. The lowest BCUT2D eigenvalue weighted by Crippen LogP contribution is -2.19. The monoisotopic (exact) mass is 457 g/mol. The molecule has 0 saturated carbocycles. The largest absolute Gasteiger partial charge is 0.496 e. The van der Waals surface area contributed by atoms with Crippen molar-refractivity contribution in [1.82, 2.24) is 15.2 Å². The molecule has 0 unspecified atom stereocenters. The van der Waals surface area contributed by atoms with Crippen molar-refractivity contribution < 1.29 is 14.5 Å². The van der Waals surface area contributed by atoms with Gasteiger partial charge in [0.1, 0.15) is 11.9 Å². The first kappa shape index (κ1) is 20.2. The van der Waals surface area contributed by atoms with E-state index < -0.39 is 16.5 Å². The van der Waals surface area contributed by atoms with E-state index in [0.717, 1.165) is 10.0 Å². The number of methoxy groups -OCH3 is 1. The summed E-state index contributed by atoms with van der Waals surface area (Å²) < 4.78 is 7.42. The Kier molecular flexibility index (Phi) is 6.35. The average Bonchev–Trinajstić information content (AvgIpc) is 3.12. The summed E-state index contributed by atoms with van der Waals surface area (Å²) in [5, 5.41) is 19.2. The standard InChI is InChI=1S/C19H16BrN5O4/c1-29-17-8-3-2-6-14(17)10-21-22-19(26)18-16(25(27)28)12-24(23-18)11-13-5-4-7-15(20)9-13/h2-10,12H,11H2,1H3,(H,22,26)/b21-10-. The highest BCUT2D eigenvalue weighted by Gasteiger charge is 2.25. The molecule has 9 nitrogen and oxygen atoms in total. The lowest BCUT2D eigenvalue weighted by atomic mass is 10.2. The molecule has 1 heterocycles. The summed E-state index contributed by atoms with van der Waals surface area (Å²) in [5.41, 5.74) is 3.07. The van der Waals surface area contributed by atoms with E-state index in [9.17, 15) is 14.9 Å². The van der Waals surface area contributed by atoms with Crippen molar-refractivity contribution in [3.8, 4) is 5.75 Å².